The molecule has 0 saturated carbocycles. The lowest BCUT2D eigenvalue weighted by atomic mass is 10.1. The predicted octanol–water partition coefficient (Wildman–Crippen LogP) is 1.83. The average Bonchev–Trinajstić information content (AvgIpc) is 2.66. The van der Waals surface area contributed by atoms with Crippen LogP contribution in [0.5, 0.6) is 0 Å². The van der Waals surface area contributed by atoms with Gasteiger partial charge < -0.3 is 15.5 Å². The number of hydrogen-bond donors (Lipinski definition) is 2. The van der Waals surface area contributed by atoms with E-state index in [9.17, 15) is 4.79 Å². The van der Waals surface area contributed by atoms with E-state index in [-0.39, 0.29) is 18.4 Å². The van der Waals surface area contributed by atoms with Crippen molar-refractivity contribution in [3.63, 3.8) is 0 Å². The molecule has 1 heterocycles. The van der Waals surface area contributed by atoms with E-state index >= 15 is 0 Å². The van der Waals surface area contributed by atoms with E-state index in [0.29, 0.717) is 12.2 Å². The normalized spacial score (nSPS) is 9.88. The average molecular weight is 241 g/mol. The van der Waals surface area contributed by atoms with Crippen LogP contribution >= 0.6 is 12.4 Å². The summed E-state index contributed by atoms with van der Waals surface area (Å²) in [4.78, 5) is 14.5. The lowest BCUT2D eigenvalue weighted by Gasteiger charge is -1.98. The van der Waals surface area contributed by atoms with E-state index in [2.05, 4.69) is 9.72 Å². The number of methoxy groups -OCH3 is 1. The Balaban J connectivity index is 0.00000128. The summed E-state index contributed by atoms with van der Waals surface area (Å²) in [7, 11) is 1.36. The minimum atomic E-state index is -0.383. The van der Waals surface area contributed by atoms with Crippen molar-refractivity contribution in [3.05, 3.63) is 35.5 Å². The van der Waals surface area contributed by atoms with Gasteiger partial charge in [0.25, 0.3) is 0 Å². The first-order chi connectivity index (χ1) is 7.27. The number of H-pyrrole nitrogens is 1. The molecule has 0 aliphatic heterocycles. The molecule has 0 unspecified atom stereocenters. The van der Waals surface area contributed by atoms with Crippen LogP contribution in [0.25, 0.3) is 10.9 Å². The second-order valence-electron chi connectivity index (χ2n) is 3.22. The van der Waals surface area contributed by atoms with Crippen molar-refractivity contribution in [3.8, 4) is 0 Å². The van der Waals surface area contributed by atoms with Gasteiger partial charge in [-0.2, -0.15) is 0 Å². The van der Waals surface area contributed by atoms with Gasteiger partial charge in [-0.25, -0.2) is 4.79 Å². The van der Waals surface area contributed by atoms with Crippen molar-refractivity contribution in [1.82, 2.24) is 4.98 Å². The molecule has 2 rings (SSSR count). The van der Waals surface area contributed by atoms with Crippen LogP contribution in [0.2, 0.25) is 0 Å². The second-order valence-corrected chi connectivity index (χ2v) is 3.22. The monoisotopic (exact) mass is 240 g/mol. The Morgan fingerprint density at radius 2 is 2.12 bits per heavy atom. The molecule has 0 radical (unpaired) electrons. The topological polar surface area (TPSA) is 68.1 Å². The summed E-state index contributed by atoms with van der Waals surface area (Å²) in [5.41, 5.74) is 7.78. The zero-order valence-corrected chi connectivity index (χ0v) is 9.64. The molecule has 0 amide bonds. The molecule has 1 aromatic carbocycles. The van der Waals surface area contributed by atoms with Crippen molar-refractivity contribution < 1.29 is 9.53 Å². The highest BCUT2D eigenvalue weighted by molar-refractivity contribution is 5.98. The molecule has 1 aromatic heterocycles. The number of nitrogens with two attached hydrogens (primary N) is 1. The number of nitrogens with one attached hydrogen (secondary N) is 1. The Bertz CT molecular complexity index is 508. The summed E-state index contributed by atoms with van der Waals surface area (Å²) in [6.45, 7) is 0.314. The molecule has 0 aliphatic carbocycles. The highest BCUT2D eigenvalue weighted by atomic mass is 35.5. The van der Waals surface area contributed by atoms with Gasteiger partial charge in [-0.05, 0) is 6.07 Å². The molecule has 0 bridgehead atoms. The molecule has 2 aromatic rings. The van der Waals surface area contributed by atoms with Gasteiger partial charge in [0.05, 0.1) is 7.11 Å². The van der Waals surface area contributed by atoms with Crippen LogP contribution in [0, 0.1) is 0 Å². The van der Waals surface area contributed by atoms with Gasteiger partial charge in [0.1, 0.15) is 5.69 Å². The summed E-state index contributed by atoms with van der Waals surface area (Å²) in [6, 6.07) is 7.65. The zero-order chi connectivity index (χ0) is 10.8. The number of aromatic nitrogens is 1. The molecule has 0 saturated heterocycles. The Hall–Kier alpha value is -1.52. The van der Waals surface area contributed by atoms with Crippen molar-refractivity contribution in [1.29, 1.82) is 0 Å². The van der Waals surface area contributed by atoms with Crippen LogP contribution in [0.15, 0.2) is 24.3 Å². The van der Waals surface area contributed by atoms with Crippen LogP contribution in [-0.4, -0.2) is 18.1 Å². The Morgan fingerprint density at radius 1 is 1.44 bits per heavy atom. The summed E-state index contributed by atoms with van der Waals surface area (Å²) in [5.74, 6) is -0.383. The fourth-order valence-electron chi connectivity index (χ4n) is 1.69. The number of fused-ring (bicyclic) bond motifs is 1. The molecule has 0 aliphatic rings. The van der Waals surface area contributed by atoms with Gasteiger partial charge >= 0.3 is 5.97 Å². The molecular weight excluding hydrogens is 228 g/mol. The number of rotatable bonds is 2. The van der Waals surface area contributed by atoms with Crippen LogP contribution in [0.4, 0.5) is 0 Å². The molecule has 86 valence electrons. The quantitative estimate of drug-likeness (QED) is 0.787. The smallest absolute Gasteiger partial charge is 0.354 e. The van der Waals surface area contributed by atoms with Crippen molar-refractivity contribution >= 4 is 29.3 Å². The molecular formula is C11H13ClN2O2. The van der Waals surface area contributed by atoms with Crippen molar-refractivity contribution in [2.24, 2.45) is 5.73 Å². The first-order valence-electron chi connectivity index (χ1n) is 4.66. The maximum absolute atomic E-state index is 11.5. The minimum Gasteiger partial charge on any atom is -0.464 e. The number of carbonyl (C=O) groups is 1. The van der Waals surface area contributed by atoms with Gasteiger partial charge in [-0.15, -0.1) is 12.4 Å². The summed E-state index contributed by atoms with van der Waals surface area (Å²) < 4.78 is 4.68. The Labute approximate surface area is 99.2 Å². The number of esters is 1. The Kier molecular flexibility index (Phi) is 3.93. The highest BCUT2D eigenvalue weighted by Crippen LogP contribution is 2.22. The summed E-state index contributed by atoms with van der Waals surface area (Å²) >= 11 is 0. The van der Waals surface area contributed by atoms with Crippen LogP contribution in [0.1, 0.15) is 16.1 Å². The van der Waals surface area contributed by atoms with Crippen LogP contribution in [0.3, 0.4) is 0 Å². The van der Waals surface area contributed by atoms with Gasteiger partial charge in [0.2, 0.25) is 0 Å². The molecule has 3 N–H and O–H groups in total. The van der Waals surface area contributed by atoms with E-state index in [1.807, 2.05) is 24.3 Å². The second kappa shape index (κ2) is 5.01. The van der Waals surface area contributed by atoms with E-state index in [4.69, 9.17) is 5.73 Å². The number of benzene rings is 1. The molecule has 16 heavy (non-hydrogen) atoms. The fraction of sp³-hybridized carbons (Fsp3) is 0.182. The van der Waals surface area contributed by atoms with Crippen molar-refractivity contribution in [2.75, 3.05) is 7.11 Å². The molecule has 5 heteroatoms. The number of aromatic amines is 1. The number of ether oxygens (including phenoxy) is 1. The zero-order valence-electron chi connectivity index (χ0n) is 8.82. The first kappa shape index (κ1) is 12.5. The third-order valence-electron chi connectivity index (χ3n) is 2.41. The molecule has 0 fully saturated rings. The molecule has 0 spiro atoms. The van der Waals surface area contributed by atoms with Gasteiger partial charge in [-0.3, -0.25) is 0 Å². The maximum atomic E-state index is 11.5. The van der Waals surface area contributed by atoms with E-state index in [0.717, 1.165) is 16.5 Å². The summed E-state index contributed by atoms with van der Waals surface area (Å²) in [6.07, 6.45) is 0. The largest absolute Gasteiger partial charge is 0.464 e. The number of para-hydroxylation sites is 1. The first-order valence-corrected chi connectivity index (χ1v) is 4.66. The minimum absolute atomic E-state index is 0. The SMILES string of the molecule is COC(=O)c1[nH]c2ccccc2c1CN.Cl. The standard InChI is InChI=1S/C11H12N2O2.ClH/c1-15-11(14)10-8(6-12)7-4-2-3-5-9(7)13-10;/h2-5,13H,6,12H2,1H3;1H. The van der Waals surface area contributed by atoms with Gasteiger partial charge in [-0.1, -0.05) is 18.2 Å². The highest BCUT2D eigenvalue weighted by Gasteiger charge is 2.16. The number of carbonyl (C=O) groups excluding carboxylic acids is 1. The predicted molar refractivity (Wildman–Crippen MR) is 64.8 cm³/mol. The Morgan fingerprint density at radius 3 is 2.75 bits per heavy atom. The molecule has 0 atom stereocenters. The van der Waals surface area contributed by atoms with Crippen molar-refractivity contribution in [2.45, 2.75) is 6.54 Å². The van der Waals surface area contributed by atoms with Crippen LogP contribution < -0.4 is 5.73 Å². The maximum Gasteiger partial charge on any atom is 0.354 e. The van der Waals surface area contributed by atoms with E-state index in [1.165, 1.54) is 7.11 Å². The number of hydrogen-bond acceptors (Lipinski definition) is 3. The van der Waals surface area contributed by atoms with Gasteiger partial charge in [0.15, 0.2) is 0 Å². The number of halogens is 1. The van der Waals surface area contributed by atoms with E-state index < -0.39 is 0 Å². The van der Waals surface area contributed by atoms with E-state index in [1.54, 1.807) is 0 Å². The van der Waals surface area contributed by atoms with Crippen LogP contribution in [-0.2, 0) is 11.3 Å². The molecule has 4 nitrogen and oxygen atoms in total. The lowest BCUT2D eigenvalue weighted by molar-refractivity contribution is 0.0594. The third kappa shape index (κ3) is 1.89. The third-order valence-corrected chi connectivity index (χ3v) is 2.41. The summed E-state index contributed by atoms with van der Waals surface area (Å²) in [5, 5.41) is 0.973. The lowest BCUT2D eigenvalue weighted by Crippen LogP contribution is -2.07. The van der Waals surface area contributed by atoms with Gasteiger partial charge in [0, 0.05) is 23.0 Å². The fourth-order valence-corrected chi connectivity index (χ4v) is 1.69.